The zero-order valence-electron chi connectivity index (χ0n) is 13.2. The van der Waals surface area contributed by atoms with E-state index >= 15 is 0 Å². The summed E-state index contributed by atoms with van der Waals surface area (Å²) in [5.41, 5.74) is 1.93. The number of benzene rings is 1. The second kappa shape index (κ2) is 6.13. The SMILES string of the molecule is Cc1nc(-c2ncccn2)sc1C(=O)N1CCC1c1ccccc1. The Labute approximate surface area is 144 Å². The van der Waals surface area contributed by atoms with Gasteiger partial charge in [0.1, 0.15) is 4.88 Å². The summed E-state index contributed by atoms with van der Waals surface area (Å²) < 4.78 is 0. The highest BCUT2D eigenvalue weighted by molar-refractivity contribution is 7.17. The molecule has 0 aliphatic carbocycles. The van der Waals surface area contributed by atoms with E-state index in [0.717, 1.165) is 18.7 Å². The van der Waals surface area contributed by atoms with Crippen molar-refractivity contribution in [3.05, 3.63) is 64.9 Å². The van der Waals surface area contributed by atoms with E-state index in [1.54, 1.807) is 18.5 Å². The molecule has 1 unspecified atom stereocenters. The third kappa shape index (κ3) is 2.59. The number of thiazole rings is 1. The number of likely N-dealkylation sites (tertiary alicyclic amines) is 1. The van der Waals surface area contributed by atoms with Crippen LogP contribution < -0.4 is 0 Å². The maximum absolute atomic E-state index is 12.9. The third-order valence-corrected chi connectivity index (χ3v) is 5.35. The molecular formula is C18H16N4OS. The molecule has 1 aromatic carbocycles. The van der Waals surface area contributed by atoms with Crippen LogP contribution in [0.25, 0.3) is 10.8 Å². The van der Waals surface area contributed by atoms with Crippen molar-refractivity contribution >= 4 is 17.2 Å². The van der Waals surface area contributed by atoms with Crippen LogP contribution >= 0.6 is 11.3 Å². The van der Waals surface area contributed by atoms with Crippen LogP contribution in [0.2, 0.25) is 0 Å². The molecule has 0 spiro atoms. The first-order valence-electron chi connectivity index (χ1n) is 7.85. The number of carbonyl (C=O) groups excluding carboxylic acids is 1. The van der Waals surface area contributed by atoms with Crippen LogP contribution in [-0.2, 0) is 0 Å². The van der Waals surface area contributed by atoms with Crippen molar-refractivity contribution in [2.45, 2.75) is 19.4 Å². The lowest BCUT2D eigenvalue weighted by Crippen LogP contribution is -2.45. The van der Waals surface area contributed by atoms with Crippen molar-refractivity contribution in [3.8, 4) is 10.8 Å². The van der Waals surface area contributed by atoms with Gasteiger partial charge in [-0.25, -0.2) is 15.0 Å². The molecule has 3 aromatic rings. The van der Waals surface area contributed by atoms with Gasteiger partial charge in [-0.3, -0.25) is 4.79 Å². The molecule has 1 amide bonds. The normalized spacial score (nSPS) is 16.7. The van der Waals surface area contributed by atoms with E-state index in [2.05, 4.69) is 27.1 Å². The van der Waals surface area contributed by atoms with Gasteiger partial charge in [0.15, 0.2) is 10.8 Å². The molecule has 0 N–H and O–H groups in total. The van der Waals surface area contributed by atoms with Crippen molar-refractivity contribution < 1.29 is 4.79 Å². The summed E-state index contributed by atoms with van der Waals surface area (Å²) in [6.45, 7) is 2.65. The van der Waals surface area contributed by atoms with Crippen LogP contribution in [0, 0.1) is 6.92 Å². The molecule has 4 rings (SSSR count). The van der Waals surface area contributed by atoms with E-state index in [0.29, 0.717) is 15.7 Å². The summed E-state index contributed by atoms with van der Waals surface area (Å²) in [5.74, 6) is 0.611. The van der Waals surface area contributed by atoms with Crippen molar-refractivity contribution in [1.29, 1.82) is 0 Å². The van der Waals surface area contributed by atoms with Gasteiger partial charge in [0.25, 0.3) is 5.91 Å². The first-order valence-corrected chi connectivity index (χ1v) is 8.66. The molecule has 5 nitrogen and oxygen atoms in total. The number of amides is 1. The number of aromatic nitrogens is 3. The lowest BCUT2D eigenvalue weighted by Gasteiger charge is -2.41. The van der Waals surface area contributed by atoms with E-state index in [9.17, 15) is 4.79 Å². The fourth-order valence-electron chi connectivity index (χ4n) is 2.88. The molecule has 6 heteroatoms. The monoisotopic (exact) mass is 336 g/mol. The first-order chi connectivity index (χ1) is 11.7. The van der Waals surface area contributed by atoms with Crippen LogP contribution in [0.4, 0.5) is 0 Å². The Balaban J connectivity index is 1.60. The highest BCUT2D eigenvalue weighted by Crippen LogP contribution is 2.36. The second-order valence-electron chi connectivity index (χ2n) is 5.72. The second-order valence-corrected chi connectivity index (χ2v) is 6.72. The Morgan fingerprint density at radius 2 is 1.92 bits per heavy atom. The highest BCUT2D eigenvalue weighted by Gasteiger charge is 2.35. The molecule has 0 radical (unpaired) electrons. The summed E-state index contributed by atoms with van der Waals surface area (Å²) in [6, 6.07) is 12.1. The average Bonchev–Trinajstić information content (AvgIpc) is 2.97. The predicted molar refractivity (Wildman–Crippen MR) is 92.7 cm³/mol. The van der Waals surface area contributed by atoms with E-state index in [-0.39, 0.29) is 11.9 Å². The number of hydrogen-bond acceptors (Lipinski definition) is 5. The Bertz CT molecular complexity index is 863. The quantitative estimate of drug-likeness (QED) is 0.734. The minimum Gasteiger partial charge on any atom is -0.331 e. The van der Waals surface area contributed by atoms with Gasteiger partial charge >= 0.3 is 0 Å². The minimum atomic E-state index is 0.0484. The zero-order chi connectivity index (χ0) is 16.5. The zero-order valence-corrected chi connectivity index (χ0v) is 14.0. The van der Waals surface area contributed by atoms with Crippen LogP contribution in [0.3, 0.4) is 0 Å². The average molecular weight is 336 g/mol. The highest BCUT2D eigenvalue weighted by atomic mass is 32.1. The fraction of sp³-hybridized carbons (Fsp3) is 0.222. The third-order valence-electron chi connectivity index (χ3n) is 4.21. The van der Waals surface area contributed by atoms with Crippen LogP contribution in [0.5, 0.6) is 0 Å². The van der Waals surface area contributed by atoms with Gasteiger partial charge in [0.05, 0.1) is 11.7 Å². The maximum atomic E-state index is 12.9. The lowest BCUT2D eigenvalue weighted by atomic mass is 9.94. The molecule has 1 saturated heterocycles. The Kier molecular flexibility index (Phi) is 3.82. The topological polar surface area (TPSA) is 59.0 Å². The first kappa shape index (κ1) is 15.0. The molecule has 1 aliphatic rings. The van der Waals surface area contributed by atoms with E-state index in [4.69, 9.17) is 0 Å². The molecule has 1 atom stereocenters. The largest absolute Gasteiger partial charge is 0.331 e. The molecule has 24 heavy (non-hydrogen) atoms. The molecule has 0 bridgehead atoms. The van der Waals surface area contributed by atoms with Gasteiger partial charge in [-0.05, 0) is 25.0 Å². The Morgan fingerprint density at radius 1 is 1.17 bits per heavy atom. The summed E-state index contributed by atoms with van der Waals surface area (Å²) in [6.07, 6.45) is 4.37. The number of carbonyl (C=O) groups is 1. The Hall–Kier alpha value is -2.60. The van der Waals surface area contributed by atoms with E-state index < -0.39 is 0 Å². The summed E-state index contributed by atoms with van der Waals surface area (Å²) in [5, 5.41) is 0.688. The molecule has 3 heterocycles. The van der Waals surface area contributed by atoms with Gasteiger partial charge in [-0.2, -0.15) is 0 Å². The van der Waals surface area contributed by atoms with Crippen LogP contribution in [0.1, 0.15) is 33.4 Å². The number of hydrogen-bond donors (Lipinski definition) is 0. The lowest BCUT2D eigenvalue weighted by molar-refractivity contribution is 0.0464. The standard InChI is InChI=1S/C18H16N4OS/c1-12-15(24-17(21-12)16-19-9-5-10-20-16)18(23)22-11-8-14(22)13-6-3-2-4-7-13/h2-7,9-10,14H,8,11H2,1H3. The Morgan fingerprint density at radius 3 is 2.58 bits per heavy atom. The van der Waals surface area contributed by atoms with Gasteiger partial charge in [-0.15, -0.1) is 11.3 Å². The predicted octanol–water partition coefficient (Wildman–Crippen LogP) is 3.50. The minimum absolute atomic E-state index is 0.0484. The number of rotatable bonds is 3. The van der Waals surface area contributed by atoms with Gasteiger partial charge < -0.3 is 4.90 Å². The van der Waals surface area contributed by atoms with Crippen molar-refractivity contribution in [3.63, 3.8) is 0 Å². The molecule has 1 fully saturated rings. The van der Waals surface area contributed by atoms with E-state index in [1.165, 1.54) is 16.9 Å². The van der Waals surface area contributed by atoms with Crippen molar-refractivity contribution in [2.24, 2.45) is 0 Å². The van der Waals surface area contributed by atoms with Crippen molar-refractivity contribution in [1.82, 2.24) is 19.9 Å². The summed E-state index contributed by atoms with van der Waals surface area (Å²) in [4.78, 5) is 28.5. The van der Waals surface area contributed by atoms with E-state index in [1.807, 2.05) is 30.0 Å². The summed E-state index contributed by atoms with van der Waals surface area (Å²) >= 11 is 1.37. The molecule has 1 aliphatic heterocycles. The van der Waals surface area contributed by atoms with Crippen LogP contribution in [-0.4, -0.2) is 32.3 Å². The van der Waals surface area contributed by atoms with Crippen LogP contribution in [0.15, 0.2) is 48.8 Å². The molecule has 120 valence electrons. The van der Waals surface area contributed by atoms with Gasteiger partial charge in [0.2, 0.25) is 0 Å². The molecule has 0 saturated carbocycles. The fourth-order valence-corrected chi connectivity index (χ4v) is 3.85. The number of nitrogens with zero attached hydrogens (tertiary/aromatic N) is 4. The summed E-state index contributed by atoms with van der Waals surface area (Å²) in [7, 11) is 0. The maximum Gasteiger partial charge on any atom is 0.266 e. The molecular weight excluding hydrogens is 320 g/mol. The van der Waals surface area contributed by atoms with Gasteiger partial charge in [0, 0.05) is 18.9 Å². The van der Waals surface area contributed by atoms with Gasteiger partial charge in [-0.1, -0.05) is 30.3 Å². The smallest absolute Gasteiger partial charge is 0.266 e. The molecule has 2 aromatic heterocycles. The van der Waals surface area contributed by atoms with Crippen molar-refractivity contribution in [2.75, 3.05) is 6.54 Å². The number of aryl methyl sites for hydroxylation is 1.